The summed E-state index contributed by atoms with van der Waals surface area (Å²) in [4.78, 5) is 19.9. The van der Waals surface area contributed by atoms with E-state index in [-0.39, 0.29) is 20.9 Å². The van der Waals surface area contributed by atoms with Gasteiger partial charge in [-0.1, -0.05) is 14.4 Å². The molecule has 0 aliphatic carbocycles. The lowest BCUT2D eigenvalue weighted by atomic mass is 10.1. The molecule has 1 aliphatic rings. The highest BCUT2D eigenvalue weighted by atomic mass is 31.1. The Morgan fingerprint density at radius 3 is 2.77 bits per heavy atom. The summed E-state index contributed by atoms with van der Waals surface area (Å²) in [6.07, 6.45) is 8.78. The molecular weight excluding hydrogens is 407 g/mol. The lowest BCUT2D eigenvalue weighted by molar-refractivity contribution is -0.115. The largest absolute Gasteiger partial charge is 0.405 e. The second-order valence-electron chi connectivity index (χ2n) is 6.42. The third kappa shape index (κ3) is 5.58. The fourth-order valence-corrected chi connectivity index (χ4v) is 3.97. The number of allylic oxidation sites excluding steroid dienone is 4. The van der Waals surface area contributed by atoms with Crippen molar-refractivity contribution in [1.82, 2.24) is 9.97 Å². The van der Waals surface area contributed by atoms with Gasteiger partial charge in [0.15, 0.2) is 0 Å². The van der Waals surface area contributed by atoms with Gasteiger partial charge in [-0.05, 0) is 59.8 Å². The summed E-state index contributed by atoms with van der Waals surface area (Å²) < 4.78 is 27.8. The van der Waals surface area contributed by atoms with Gasteiger partial charge in [0.1, 0.15) is 11.6 Å². The molecule has 2 aromatic rings. The number of hydrogen-bond acceptors (Lipinski definition) is 5. The molecule has 0 aromatic carbocycles. The smallest absolute Gasteiger partial charge is 0.229 e. The molecule has 30 heavy (non-hydrogen) atoms. The Balaban J connectivity index is 1.59. The van der Waals surface area contributed by atoms with E-state index >= 15 is 0 Å². The van der Waals surface area contributed by atoms with Crippen LogP contribution in [0.5, 0.6) is 0 Å². The molecule has 0 bridgehead atoms. The topological polar surface area (TPSA) is 107 Å². The summed E-state index contributed by atoms with van der Waals surface area (Å²) in [5.74, 6) is 0.794. The highest BCUT2D eigenvalue weighted by molar-refractivity contribution is 7.42. The standard InChI is InChI=1S/C21H20F2N5OP/c22-16-8-13(12-30-21(16)14-5-7-26-18(23)10-14)9-20(29)28-19-4-3-15(11-27-19)17(25)2-1-6-24/h1-8,10-12,21,30H,9,24-25H2,(H,27,28,29)/b6-1-,17-2-. The first-order valence-electron chi connectivity index (χ1n) is 9.00. The predicted molar refractivity (Wildman–Crippen MR) is 116 cm³/mol. The van der Waals surface area contributed by atoms with Crippen LogP contribution in [0.2, 0.25) is 0 Å². The molecule has 2 atom stereocenters. The highest BCUT2D eigenvalue weighted by Crippen LogP contribution is 2.46. The van der Waals surface area contributed by atoms with E-state index < -0.39 is 17.4 Å². The van der Waals surface area contributed by atoms with Crippen LogP contribution in [0.4, 0.5) is 14.6 Å². The van der Waals surface area contributed by atoms with E-state index in [0.717, 1.165) is 0 Å². The second-order valence-corrected chi connectivity index (χ2v) is 7.62. The number of pyridine rings is 2. The first-order chi connectivity index (χ1) is 14.5. The Morgan fingerprint density at radius 2 is 2.10 bits per heavy atom. The zero-order chi connectivity index (χ0) is 21.5. The molecule has 9 heteroatoms. The van der Waals surface area contributed by atoms with Gasteiger partial charge in [-0.2, -0.15) is 4.39 Å². The van der Waals surface area contributed by atoms with Crippen LogP contribution < -0.4 is 16.8 Å². The van der Waals surface area contributed by atoms with E-state index in [1.807, 2.05) is 0 Å². The predicted octanol–water partition coefficient (Wildman–Crippen LogP) is 3.89. The van der Waals surface area contributed by atoms with Crippen molar-refractivity contribution >= 4 is 26.0 Å². The number of rotatable bonds is 6. The van der Waals surface area contributed by atoms with Gasteiger partial charge in [-0.25, -0.2) is 14.4 Å². The molecule has 2 unspecified atom stereocenters. The Labute approximate surface area is 174 Å². The van der Waals surface area contributed by atoms with Gasteiger partial charge < -0.3 is 16.8 Å². The maximum absolute atomic E-state index is 14.5. The maximum atomic E-state index is 14.5. The van der Waals surface area contributed by atoms with Crippen LogP contribution in [0.15, 0.2) is 78.3 Å². The third-order valence-corrected chi connectivity index (χ3v) is 5.71. The van der Waals surface area contributed by atoms with Gasteiger partial charge in [0.2, 0.25) is 11.9 Å². The minimum absolute atomic E-state index is 0.00458. The van der Waals surface area contributed by atoms with Crippen molar-refractivity contribution in [2.24, 2.45) is 11.5 Å². The van der Waals surface area contributed by atoms with Crippen molar-refractivity contribution in [3.63, 3.8) is 0 Å². The van der Waals surface area contributed by atoms with Crippen molar-refractivity contribution in [3.8, 4) is 0 Å². The van der Waals surface area contributed by atoms with E-state index in [4.69, 9.17) is 11.5 Å². The van der Waals surface area contributed by atoms with Gasteiger partial charge >= 0.3 is 0 Å². The zero-order valence-corrected chi connectivity index (χ0v) is 16.8. The molecule has 0 saturated carbocycles. The summed E-state index contributed by atoms with van der Waals surface area (Å²) in [7, 11) is 0.0596. The summed E-state index contributed by atoms with van der Waals surface area (Å²) in [6, 6.07) is 6.16. The summed E-state index contributed by atoms with van der Waals surface area (Å²) in [5, 5.41) is 2.67. The molecule has 3 heterocycles. The number of carbonyl (C=O) groups is 1. The van der Waals surface area contributed by atoms with Gasteiger partial charge in [0.05, 0.1) is 12.1 Å². The van der Waals surface area contributed by atoms with Crippen LogP contribution in [0.3, 0.4) is 0 Å². The number of nitrogens with one attached hydrogen (secondary N) is 1. The first kappa shape index (κ1) is 21.3. The number of hydrogen-bond donors (Lipinski definition) is 3. The number of halogens is 2. The molecule has 3 rings (SSSR count). The maximum Gasteiger partial charge on any atom is 0.229 e. The van der Waals surface area contributed by atoms with Crippen LogP contribution in [0, 0.1) is 5.95 Å². The van der Waals surface area contributed by atoms with Gasteiger partial charge in [-0.15, -0.1) is 0 Å². The Bertz CT molecular complexity index is 1050. The Kier molecular flexibility index (Phi) is 7.03. The van der Waals surface area contributed by atoms with Crippen LogP contribution in [-0.4, -0.2) is 15.9 Å². The van der Waals surface area contributed by atoms with Crippen LogP contribution in [0.25, 0.3) is 5.70 Å². The molecule has 6 nitrogen and oxygen atoms in total. The number of nitrogens with zero attached hydrogens (tertiary/aromatic N) is 2. The molecule has 2 aromatic heterocycles. The molecule has 0 spiro atoms. The van der Waals surface area contributed by atoms with Crippen LogP contribution >= 0.6 is 8.58 Å². The third-order valence-electron chi connectivity index (χ3n) is 4.23. The second kappa shape index (κ2) is 9.89. The van der Waals surface area contributed by atoms with Crippen molar-refractivity contribution in [2.75, 3.05) is 5.32 Å². The molecular formula is C21H20F2N5OP. The average Bonchev–Trinajstić information content (AvgIpc) is 2.72. The first-order valence-corrected chi connectivity index (χ1v) is 10.2. The minimum atomic E-state index is -0.647. The van der Waals surface area contributed by atoms with Crippen molar-refractivity contribution in [2.45, 2.75) is 12.1 Å². The van der Waals surface area contributed by atoms with E-state index in [2.05, 4.69) is 15.3 Å². The van der Waals surface area contributed by atoms with Gasteiger partial charge in [0, 0.05) is 23.7 Å². The van der Waals surface area contributed by atoms with E-state index in [1.54, 1.807) is 36.2 Å². The Morgan fingerprint density at radius 1 is 1.27 bits per heavy atom. The van der Waals surface area contributed by atoms with Crippen LogP contribution in [0.1, 0.15) is 23.2 Å². The van der Waals surface area contributed by atoms with Crippen molar-refractivity contribution in [3.05, 3.63) is 95.4 Å². The summed E-state index contributed by atoms with van der Waals surface area (Å²) in [6.45, 7) is 0. The zero-order valence-electron chi connectivity index (χ0n) is 15.8. The number of anilines is 1. The monoisotopic (exact) mass is 427 g/mol. The lowest BCUT2D eigenvalue weighted by Crippen LogP contribution is -2.13. The fourth-order valence-electron chi connectivity index (χ4n) is 2.79. The van der Waals surface area contributed by atoms with Gasteiger partial charge in [0.25, 0.3) is 0 Å². The number of carbonyl (C=O) groups excluding carboxylic acids is 1. The Hall–Kier alpha value is -3.38. The van der Waals surface area contributed by atoms with E-state index in [0.29, 0.717) is 28.2 Å². The fraction of sp³-hybridized carbons (Fsp3) is 0.0952. The number of aromatic nitrogens is 2. The minimum Gasteiger partial charge on any atom is -0.405 e. The average molecular weight is 427 g/mol. The van der Waals surface area contributed by atoms with Crippen molar-refractivity contribution in [1.29, 1.82) is 0 Å². The van der Waals surface area contributed by atoms with Crippen molar-refractivity contribution < 1.29 is 13.6 Å². The molecule has 1 amide bonds. The summed E-state index contributed by atoms with van der Waals surface area (Å²) in [5.41, 5.74) is 12.9. The molecule has 154 valence electrons. The SMILES string of the molecule is N/C=C\C=C(/N)c1ccc(NC(=O)CC2=CPC(c3ccnc(F)c3)C(F)=C2)nc1. The van der Waals surface area contributed by atoms with E-state index in [9.17, 15) is 13.6 Å². The molecule has 0 saturated heterocycles. The summed E-state index contributed by atoms with van der Waals surface area (Å²) >= 11 is 0. The van der Waals surface area contributed by atoms with Crippen LogP contribution in [-0.2, 0) is 4.79 Å². The van der Waals surface area contributed by atoms with E-state index in [1.165, 1.54) is 30.7 Å². The molecule has 0 radical (unpaired) electrons. The molecule has 0 fully saturated rings. The number of amides is 1. The quantitative estimate of drug-likeness (QED) is 0.368. The number of nitrogens with two attached hydrogens (primary N) is 2. The van der Waals surface area contributed by atoms with Gasteiger partial charge in [-0.3, -0.25) is 4.79 Å². The molecule has 1 aliphatic heterocycles. The highest BCUT2D eigenvalue weighted by Gasteiger charge is 2.21. The molecule has 5 N–H and O–H groups in total. The normalized spacial score (nSPS) is 17.7. The lowest BCUT2D eigenvalue weighted by Gasteiger charge is -2.19.